The van der Waals surface area contributed by atoms with E-state index in [0.717, 1.165) is 12.8 Å². The number of hydrogen-bond donors (Lipinski definition) is 2. The molecule has 0 radical (unpaired) electrons. The molecular weight excluding hydrogens is 196 g/mol. The maximum absolute atomic E-state index is 5.59. The topological polar surface area (TPSA) is 38.0 Å². The van der Waals surface area contributed by atoms with Crippen molar-refractivity contribution in [2.45, 2.75) is 46.1 Å². The first-order chi connectivity index (χ1) is 7.67. The summed E-state index contributed by atoms with van der Waals surface area (Å²) in [6, 6.07) is 9.13. The van der Waals surface area contributed by atoms with Gasteiger partial charge in [-0.15, -0.1) is 0 Å². The summed E-state index contributed by atoms with van der Waals surface area (Å²) in [6.07, 6.45) is 3.37. The summed E-state index contributed by atoms with van der Waals surface area (Å²) >= 11 is 0. The first-order valence-corrected chi connectivity index (χ1v) is 6.19. The van der Waals surface area contributed by atoms with Gasteiger partial charge in [-0.25, -0.2) is 0 Å². The van der Waals surface area contributed by atoms with E-state index in [0.29, 0.717) is 12.0 Å². The highest BCUT2D eigenvalue weighted by molar-refractivity contribution is 5.22. The van der Waals surface area contributed by atoms with Gasteiger partial charge in [0.1, 0.15) is 0 Å². The SMILES string of the molecule is CCC(C)C(CCc1cccc(C)c1)NN. The van der Waals surface area contributed by atoms with Gasteiger partial charge in [-0.3, -0.25) is 11.3 Å². The van der Waals surface area contributed by atoms with Crippen LogP contribution in [0.4, 0.5) is 0 Å². The van der Waals surface area contributed by atoms with Crippen molar-refractivity contribution in [3.8, 4) is 0 Å². The average molecular weight is 220 g/mol. The van der Waals surface area contributed by atoms with Gasteiger partial charge in [0.25, 0.3) is 0 Å². The minimum Gasteiger partial charge on any atom is -0.271 e. The molecule has 0 aromatic heterocycles. The monoisotopic (exact) mass is 220 g/mol. The number of aryl methyl sites for hydroxylation is 2. The van der Waals surface area contributed by atoms with E-state index in [2.05, 4.69) is 50.5 Å². The second-order valence-electron chi connectivity index (χ2n) is 4.69. The van der Waals surface area contributed by atoms with Crippen molar-refractivity contribution in [1.29, 1.82) is 0 Å². The first kappa shape index (κ1) is 13.2. The van der Waals surface area contributed by atoms with E-state index >= 15 is 0 Å². The molecule has 3 N–H and O–H groups in total. The van der Waals surface area contributed by atoms with Gasteiger partial charge in [0, 0.05) is 6.04 Å². The van der Waals surface area contributed by atoms with Crippen LogP contribution in [0.1, 0.15) is 37.8 Å². The Morgan fingerprint density at radius 2 is 2.12 bits per heavy atom. The molecule has 2 nitrogen and oxygen atoms in total. The molecule has 2 unspecified atom stereocenters. The molecule has 0 spiro atoms. The molecular formula is C14H24N2. The lowest BCUT2D eigenvalue weighted by Crippen LogP contribution is -2.40. The van der Waals surface area contributed by atoms with Crippen molar-refractivity contribution in [3.05, 3.63) is 35.4 Å². The van der Waals surface area contributed by atoms with Crippen molar-refractivity contribution in [2.75, 3.05) is 0 Å². The van der Waals surface area contributed by atoms with E-state index in [1.165, 1.54) is 17.5 Å². The van der Waals surface area contributed by atoms with Crippen LogP contribution in [0.15, 0.2) is 24.3 Å². The number of rotatable bonds is 6. The van der Waals surface area contributed by atoms with Crippen molar-refractivity contribution < 1.29 is 0 Å². The standard InChI is InChI=1S/C14H24N2/c1-4-12(3)14(16-15)9-8-13-7-5-6-11(2)10-13/h5-7,10,12,14,16H,4,8-9,15H2,1-3H3. The van der Waals surface area contributed by atoms with Crippen LogP contribution in [-0.4, -0.2) is 6.04 Å². The van der Waals surface area contributed by atoms with Crippen LogP contribution >= 0.6 is 0 Å². The van der Waals surface area contributed by atoms with Crippen LogP contribution in [0, 0.1) is 12.8 Å². The van der Waals surface area contributed by atoms with Gasteiger partial charge in [0.15, 0.2) is 0 Å². The fraction of sp³-hybridized carbons (Fsp3) is 0.571. The molecule has 2 atom stereocenters. The molecule has 1 aromatic rings. The molecule has 1 aromatic carbocycles. The van der Waals surface area contributed by atoms with Gasteiger partial charge in [-0.2, -0.15) is 0 Å². The second-order valence-corrected chi connectivity index (χ2v) is 4.69. The van der Waals surface area contributed by atoms with Gasteiger partial charge in [0.2, 0.25) is 0 Å². The van der Waals surface area contributed by atoms with Gasteiger partial charge in [-0.05, 0) is 31.2 Å². The lowest BCUT2D eigenvalue weighted by atomic mass is 9.93. The van der Waals surface area contributed by atoms with Crippen LogP contribution in [0.5, 0.6) is 0 Å². The first-order valence-electron chi connectivity index (χ1n) is 6.19. The summed E-state index contributed by atoms with van der Waals surface area (Å²) in [6.45, 7) is 6.60. The molecule has 0 bridgehead atoms. The Kier molecular flexibility index (Phi) is 5.50. The lowest BCUT2D eigenvalue weighted by Gasteiger charge is -2.22. The summed E-state index contributed by atoms with van der Waals surface area (Å²) in [5, 5.41) is 0. The van der Waals surface area contributed by atoms with Crippen molar-refractivity contribution in [2.24, 2.45) is 11.8 Å². The molecule has 0 aliphatic rings. The van der Waals surface area contributed by atoms with Gasteiger partial charge in [-0.1, -0.05) is 50.1 Å². The Labute approximate surface area is 99.2 Å². The molecule has 1 rings (SSSR count). The molecule has 0 aliphatic carbocycles. The van der Waals surface area contributed by atoms with Crippen molar-refractivity contribution in [3.63, 3.8) is 0 Å². The maximum Gasteiger partial charge on any atom is 0.0239 e. The number of benzene rings is 1. The molecule has 0 saturated carbocycles. The molecule has 0 saturated heterocycles. The summed E-state index contributed by atoms with van der Waals surface area (Å²) in [5.41, 5.74) is 5.68. The van der Waals surface area contributed by atoms with Crippen LogP contribution < -0.4 is 11.3 Å². The average Bonchev–Trinajstić information content (AvgIpc) is 2.29. The Hall–Kier alpha value is -0.860. The molecule has 16 heavy (non-hydrogen) atoms. The maximum atomic E-state index is 5.59. The highest BCUT2D eigenvalue weighted by Crippen LogP contribution is 2.14. The Bertz CT molecular complexity index is 309. The predicted molar refractivity (Wildman–Crippen MR) is 70.1 cm³/mol. The van der Waals surface area contributed by atoms with Crippen LogP contribution in [0.2, 0.25) is 0 Å². The van der Waals surface area contributed by atoms with Crippen LogP contribution in [-0.2, 0) is 6.42 Å². The second kappa shape index (κ2) is 6.66. The zero-order chi connectivity index (χ0) is 12.0. The van der Waals surface area contributed by atoms with Crippen LogP contribution in [0.3, 0.4) is 0 Å². The van der Waals surface area contributed by atoms with Crippen molar-refractivity contribution >= 4 is 0 Å². The molecule has 0 aliphatic heterocycles. The van der Waals surface area contributed by atoms with E-state index in [-0.39, 0.29) is 0 Å². The number of nitrogens with two attached hydrogens (primary N) is 1. The lowest BCUT2D eigenvalue weighted by molar-refractivity contribution is 0.353. The Morgan fingerprint density at radius 3 is 2.69 bits per heavy atom. The number of nitrogens with one attached hydrogen (secondary N) is 1. The summed E-state index contributed by atoms with van der Waals surface area (Å²) in [4.78, 5) is 0. The fourth-order valence-corrected chi connectivity index (χ4v) is 2.01. The number of hydrogen-bond acceptors (Lipinski definition) is 2. The molecule has 0 fully saturated rings. The minimum absolute atomic E-state index is 0.422. The third-order valence-electron chi connectivity index (χ3n) is 3.37. The number of hydrazine groups is 1. The van der Waals surface area contributed by atoms with E-state index in [1.807, 2.05) is 0 Å². The highest BCUT2D eigenvalue weighted by atomic mass is 15.2. The summed E-state index contributed by atoms with van der Waals surface area (Å²) in [7, 11) is 0. The van der Waals surface area contributed by atoms with Gasteiger partial charge in [0.05, 0.1) is 0 Å². The minimum atomic E-state index is 0.422. The fourth-order valence-electron chi connectivity index (χ4n) is 2.01. The quantitative estimate of drug-likeness (QED) is 0.571. The predicted octanol–water partition coefficient (Wildman–Crippen LogP) is 2.81. The summed E-state index contributed by atoms with van der Waals surface area (Å²) < 4.78 is 0. The normalized spacial score (nSPS) is 14.8. The van der Waals surface area contributed by atoms with E-state index in [9.17, 15) is 0 Å². The van der Waals surface area contributed by atoms with E-state index in [4.69, 9.17) is 5.84 Å². The molecule has 0 amide bonds. The molecule has 2 heteroatoms. The third-order valence-corrected chi connectivity index (χ3v) is 3.37. The van der Waals surface area contributed by atoms with Gasteiger partial charge >= 0.3 is 0 Å². The molecule has 90 valence electrons. The van der Waals surface area contributed by atoms with E-state index < -0.39 is 0 Å². The van der Waals surface area contributed by atoms with Crippen molar-refractivity contribution in [1.82, 2.24) is 5.43 Å². The largest absolute Gasteiger partial charge is 0.271 e. The van der Waals surface area contributed by atoms with E-state index in [1.54, 1.807) is 0 Å². The smallest absolute Gasteiger partial charge is 0.0239 e. The third kappa shape index (κ3) is 3.95. The zero-order valence-electron chi connectivity index (χ0n) is 10.7. The zero-order valence-corrected chi connectivity index (χ0v) is 10.7. The van der Waals surface area contributed by atoms with Crippen LogP contribution in [0.25, 0.3) is 0 Å². The summed E-state index contributed by atoms with van der Waals surface area (Å²) in [5.74, 6) is 6.23. The highest BCUT2D eigenvalue weighted by Gasteiger charge is 2.13. The van der Waals surface area contributed by atoms with Gasteiger partial charge < -0.3 is 0 Å². The Morgan fingerprint density at radius 1 is 1.38 bits per heavy atom. The Balaban J connectivity index is 2.49. The molecule has 0 heterocycles.